The fourth-order valence-corrected chi connectivity index (χ4v) is 3.67. The number of nitrogens with one attached hydrogen (secondary N) is 2. The molecule has 2 aromatic heterocycles. The molecule has 1 amide bonds. The monoisotopic (exact) mass is 491 g/mol. The van der Waals surface area contributed by atoms with Crippen molar-refractivity contribution in [1.29, 1.82) is 10.5 Å². The van der Waals surface area contributed by atoms with Crippen LogP contribution in [0.5, 0.6) is 0 Å². The second kappa shape index (κ2) is 11.0. The second-order valence-electron chi connectivity index (χ2n) is 8.30. The van der Waals surface area contributed by atoms with Gasteiger partial charge in [0.1, 0.15) is 29.6 Å². The number of rotatable bonds is 7. The number of amides is 1. The topological polar surface area (TPSA) is 141 Å². The van der Waals surface area contributed by atoms with Crippen LogP contribution in [0.2, 0.25) is 0 Å². The first-order valence-corrected chi connectivity index (χ1v) is 11.3. The lowest BCUT2D eigenvalue weighted by atomic mass is 10.0. The van der Waals surface area contributed by atoms with Crippen molar-refractivity contribution in [3.63, 3.8) is 0 Å². The summed E-state index contributed by atoms with van der Waals surface area (Å²) >= 11 is 0. The highest BCUT2D eigenvalue weighted by Crippen LogP contribution is 2.23. The third-order valence-electron chi connectivity index (χ3n) is 5.77. The van der Waals surface area contributed by atoms with E-state index in [1.165, 1.54) is 24.4 Å². The standard InChI is InChI=1S/C28H22FN7O/c1-17(20-6-8-24(29)9-7-20)36-28(37)25-10-19(12-30)15-35-27(25)34-14-18-2-4-21(5-3-18)23-11-22(13-31)26(32)33-16-23/h2-11,15-17H,14H2,1H3,(H2,32,33)(H,34,35)(H,36,37). The quantitative estimate of drug-likeness (QED) is 0.340. The van der Waals surface area contributed by atoms with E-state index in [-0.39, 0.29) is 28.8 Å². The number of benzene rings is 2. The summed E-state index contributed by atoms with van der Waals surface area (Å²) in [4.78, 5) is 21.4. The summed E-state index contributed by atoms with van der Waals surface area (Å²) in [5, 5.41) is 24.5. The normalized spacial score (nSPS) is 11.1. The van der Waals surface area contributed by atoms with Crippen LogP contribution in [0.1, 0.15) is 45.6 Å². The molecule has 0 spiro atoms. The molecule has 1 unspecified atom stereocenters. The zero-order valence-electron chi connectivity index (χ0n) is 19.9. The molecule has 0 aliphatic carbocycles. The van der Waals surface area contributed by atoms with Gasteiger partial charge in [-0.1, -0.05) is 36.4 Å². The van der Waals surface area contributed by atoms with Gasteiger partial charge in [-0.3, -0.25) is 4.79 Å². The number of carbonyl (C=O) groups excluding carboxylic acids is 1. The number of anilines is 2. The summed E-state index contributed by atoms with van der Waals surface area (Å²) in [5.41, 5.74) is 9.80. The molecule has 182 valence electrons. The molecule has 0 aliphatic heterocycles. The maximum absolute atomic E-state index is 13.2. The molecule has 0 bridgehead atoms. The lowest BCUT2D eigenvalue weighted by Gasteiger charge is -2.16. The van der Waals surface area contributed by atoms with Gasteiger partial charge in [0.05, 0.1) is 22.7 Å². The number of nitrogens with two attached hydrogens (primary N) is 1. The smallest absolute Gasteiger partial charge is 0.255 e. The van der Waals surface area contributed by atoms with Gasteiger partial charge in [-0.05, 0) is 47.9 Å². The van der Waals surface area contributed by atoms with Crippen LogP contribution in [-0.2, 0) is 6.54 Å². The molecule has 0 aliphatic rings. The van der Waals surface area contributed by atoms with E-state index in [1.807, 2.05) is 36.4 Å². The number of carbonyl (C=O) groups is 1. The van der Waals surface area contributed by atoms with Crippen LogP contribution >= 0.6 is 0 Å². The number of halogens is 1. The third kappa shape index (κ3) is 5.87. The number of nitrogens with zero attached hydrogens (tertiary/aromatic N) is 4. The highest BCUT2D eigenvalue weighted by atomic mass is 19.1. The molecule has 4 rings (SSSR count). The number of nitriles is 2. The average molecular weight is 492 g/mol. The highest BCUT2D eigenvalue weighted by molar-refractivity contribution is 5.99. The summed E-state index contributed by atoms with van der Waals surface area (Å²) in [6.45, 7) is 2.16. The summed E-state index contributed by atoms with van der Waals surface area (Å²) in [5.74, 6) is -0.254. The van der Waals surface area contributed by atoms with Gasteiger partial charge in [-0.25, -0.2) is 14.4 Å². The molecule has 0 saturated carbocycles. The fourth-order valence-electron chi connectivity index (χ4n) is 3.67. The second-order valence-corrected chi connectivity index (χ2v) is 8.30. The number of hydrogen-bond donors (Lipinski definition) is 3. The summed E-state index contributed by atoms with van der Waals surface area (Å²) in [7, 11) is 0. The van der Waals surface area contributed by atoms with Gasteiger partial charge in [0.25, 0.3) is 5.91 Å². The van der Waals surface area contributed by atoms with Gasteiger partial charge in [0.2, 0.25) is 0 Å². The van der Waals surface area contributed by atoms with Crippen molar-refractivity contribution in [2.24, 2.45) is 0 Å². The molecule has 2 aromatic carbocycles. The minimum Gasteiger partial charge on any atom is -0.383 e. The Labute approximate surface area is 213 Å². The van der Waals surface area contributed by atoms with Crippen molar-refractivity contribution < 1.29 is 9.18 Å². The van der Waals surface area contributed by atoms with Gasteiger partial charge >= 0.3 is 0 Å². The minimum atomic E-state index is -0.413. The Balaban J connectivity index is 1.49. The Morgan fingerprint density at radius 1 is 1.00 bits per heavy atom. The van der Waals surface area contributed by atoms with Crippen LogP contribution in [0.3, 0.4) is 0 Å². The van der Waals surface area contributed by atoms with Gasteiger partial charge in [0.15, 0.2) is 0 Å². The molecule has 4 aromatic rings. The molecular formula is C28H22FN7O. The predicted octanol–water partition coefficient (Wildman–Crippen LogP) is 4.71. The first-order chi connectivity index (χ1) is 17.9. The van der Waals surface area contributed by atoms with E-state index >= 15 is 0 Å². The van der Waals surface area contributed by atoms with Crippen LogP contribution in [0.25, 0.3) is 11.1 Å². The Kier molecular flexibility index (Phi) is 7.37. The van der Waals surface area contributed by atoms with Crippen molar-refractivity contribution in [3.8, 4) is 23.3 Å². The lowest BCUT2D eigenvalue weighted by Crippen LogP contribution is -2.28. The predicted molar refractivity (Wildman–Crippen MR) is 137 cm³/mol. The largest absolute Gasteiger partial charge is 0.383 e. The Hall–Kier alpha value is -5.28. The van der Waals surface area contributed by atoms with Crippen LogP contribution < -0.4 is 16.4 Å². The van der Waals surface area contributed by atoms with E-state index in [9.17, 15) is 19.7 Å². The van der Waals surface area contributed by atoms with Crippen molar-refractivity contribution in [2.45, 2.75) is 19.5 Å². The Morgan fingerprint density at radius 3 is 2.41 bits per heavy atom. The van der Waals surface area contributed by atoms with Crippen LogP contribution in [0, 0.1) is 28.5 Å². The molecule has 8 nitrogen and oxygen atoms in total. The average Bonchev–Trinajstić information content (AvgIpc) is 2.92. The molecule has 4 N–H and O–H groups in total. The van der Waals surface area contributed by atoms with E-state index in [1.54, 1.807) is 31.3 Å². The molecule has 0 saturated heterocycles. The Morgan fingerprint density at radius 2 is 1.73 bits per heavy atom. The first kappa shape index (κ1) is 24.8. The van der Waals surface area contributed by atoms with Crippen molar-refractivity contribution in [1.82, 2.24) is 15.3 Å². The number of pyridine rings is 2. The maximum atomic E-state index is 13.2. The molecule has 1 atom stereocenters. The highest BCUT2D eigenvalue weighted by Gasteiger charge is 2.17. The maximum Gasteiger partial charge on any atom is 0.255 e. The van der Waals surface area contributed by atoms with E-state index in [0.717, 1.165) is 22.3 Å². The summed E-state index contributed by atoms with van der Waals surface area (Å²) in [6.07, 6.45) is 3.01. The first-order valence-electron chi connectivity index (χ1n) is 11.3. The Bertz CT molecular complexity index is 1520. The molecule has 0 fully saturated rings. The SMILES string of the molecule is CC(NC(=O)c1cc(C#N)cnc1NCc1ccc(-c2cnc(N)c(C#N)c2)cc1)c1ccc(F)cc1. The number of aromatic nitrogens is 2. The molecular weight excluding hydrogens is 469 g/mol. The molecule has 0 radical (unpaired) electrons. The number of nitrogen functional groups attached to an aromatic ring is 1. The molecule has 2 heterocycles. The van der Waals surface area contributed by atoms with Gasteiger partial charge in [-0.2, -0.15) is 10.5 Å². The van der Waals surface area contributed by atoms with E-state index in [0.29, 0.717) is 17.9 Å². The van der Waals surface area contributed by atoms with Crippen LogP contribution in [0.15, 0.2) is 73.1 Å². The van der Waals surface area contributed by atoms with E-state index in [2.05, 4.69) is 20.6 Å². The van der Waals surface area contributed by atoms with Gasteiger partial charge in [0, 0.05) is 24.5 Å². The van der Waals surface area contributed by atoms with Crippen LogP contribution in [-0.4, -0.2) is 15.9 Å². The lowest BCUT2D eigenvalue weighted by molar-refractivity contribution is 0.0940. The van der Waals surface area contributed by atoms with E-state index < -0.39 is 5.91 Å². The third-order valence-corrected chi connectivity index (χ3v) is 5.77. The van der Waals surface area contributed by atoms with Crippen molar-refractivity contribution in [3.05, 3.63) is 107 Å². The summed E-state index contributed by atoms with van der Waals surface area (Å²) < 4.78 is 13.2. The van der Waals surface area contributed by atoms with E-state index in [4.69, 9.17) is 5.73 Å². The van der Waals surface area contributed by atoms with Crippen molar-refractivity contribution >= 4 is 17.5 Å². The zero-order valence-corrected chi connectivity index (χ0v) is 19.9. The van der Waals surface area contributed by atoms with Crippen molar-refractivity contribution in [2.75, 3.05) is 11.1 Å². The minimum absolute atomic E-state index is 0.189. The van der Waals surface area contributed by atoms with Gasteiger partial charge in [-0.15, -0.1) is 0 Å². The fraction of sp³-hybridized carbons (Fsp3) is 0.107. The summed E-state index contributed by atoms with van der Waals surface area (Å²) in [6, 6.07) is 20.3. The molecule has 9 heteroatoms. The number of hydrogen-bond acceptors (Lipinski definition) is 7. The molecule has 37 heavy (non-hydrogen) atoms. The van der Waals surface area contributed by atoms with Gasteiger partial charge < -0.3 is 16.4 Å². The van der Waals surface area contributed by atoms with Crippen LogP contribution in [0.4, 0.5) is 16.0 Å². The zero-order chi connectivity index (χ0) is 26.4.